The van der Waals surface area contributed by atoms with Crippen molar-refractivity contribution in [2.45, 2.75) is 77.5 Å². The van der Waals surface area contributed by atoms with E-state index in [0.29, 0.717) is 13.1 Å². The fourth-order valence-electron chi connectivity index (χ4n) is 7.45. The van der Waals surface area contributed by atoms with Gasteiger partial charge < -0.3 is 39.9 Å². The first-order valence-electron chi connectivity index (χ1n) is 18.8. The number of methoxy groups -OCH3 is 2. The summed E-state index contributed by atoms with van der Waals surface area (Å²) >= 11 is 3.29. The number of aromatic amines is 2. The van der Waals surface area contributed by atoms with Gasteiger partial charge in [0.1, 0.15) is 23.7 Å². The number of aromatic nitrogens is 4. The van der Waals surface area contributed by atoms with Gasteiger partial charge in [0.15, 0.2) is 0 Å². The first kappa shape index (κ1) is 38.9. The van der Waals surface area contributed by atoms with E-state index in [9.17, 15) is 19.2 Å². The van der Waals surface area contributed by atoms with Crippen molar-refractivity contribution in [3.63, 3.8) is 0 Å². The number of alkyl carbamates (subject to hydrolysis) is 2. The molecule has 0 aliphatic carbocycles. The molecule has 5 aromatic rings. The average Bonchev–Trinajstić information content (AvgIpc) is 4.03. The molecule has 1 aromatic carbocycles. The first-order valence-corrected chi connectivity index (χ1v) is 20.5. The molecule has 4 aromatic heterocycles. The molecule has 56 heavy (non-hydrogen) atoms. The average molecular weight is 799 g/mol. The predicted molar refractivity (Wildman–Crippen MR) is 215 cm³/mol. The van der Waals surface area contributed by atoms with E-state index in [2.05, 4.69) is 49.6 Å². The zero-order valence-electron chi connectivity index (χ0n) is 32.2. The molecule has 4 atom stereocenters. The Morgan fingerprint density at radius 3 is 2.00 bits per heavy atom. The molecule has 2 aliphatic heterocycles. The number of ether oxygens (including phenoxy) is 2. The van der Waals surface area contributed by atoms with E-state index in [4.69, 9.17) is 14.5 Å². The largest absolute Gasteiger partial charge is 0.453 e. The van der Waals surface area contributed by atoms with E-state index >= 15 is 0 Å². The molecule has 0 bridgehead atoms. The molecule has 14 nitrogen and oxygen atoms in total. The van der Waals surface area contributed by atoms with Gasteiger partial charge in [-0.15, -0.1) is 22.7 Å². The van der Waals surface area contributed by atoms with Crippen LogP contribution in [0.4, 0.5) is 9.59 Å². The van der Waals surface area contributed by atoms with Gasteiger partial charge >= 0.3 is 12.2 Å². The third-order valence-electron chi connectivity index (χ3n) is 10.4. The molecule has 16 heteroatoms. The number of rotatable bonds is 9. The maximum atomic E-state index is 13.6. The summed E-state index contributed by atoms with van der Waals surface area (Å²) in [6.45, 7) is 8.79. The van der Waals surface area contributed by atoms with Crippen LogP contribution in [-0.2, 0) is 19.1 Å². The van der Waals surface area contributed by atoms with Crippen LogP contribution in [0.3, 0.4) is 0 Å². The highest BCUT2D eigenvalue weighted by molar-refractivity contribution is 7.29. The molecule has 2 saturated heterocycles. The Morgan fingerprint density at radius 1 is 0.804 bits per heavy atom. The summed E-state index contributed by atoms with van der Waals surface area (Å²) < 4.78 is 11.8. The first-order chi connectivity index (χ1) is 26.9. The molecule has 0 radical (unpaired) electrons. The number of amides is 4. The fraction of sp³-hybridized carbons (Fsp3) is 0.450. The number of H-pyrrole nitrogens is 2. The van der Waals surface area contributed by atoms with E-state index in [-0.39, 0.29) is 35.7 Å². The highest BCUT2D eigenvalue weighted by atomic mass is 32.1. The summed E-state index contributed by atoms with van der Waals surface area (Å²) in [5, 5.41) is 5.39. The molecule has 2 aliphatic rings. The molecular weight excluding hydrogens is 753 g/mol. The fourth-order valence-corrected chi connectivity index (χ4v) is 9.66. The zero-order valence-corrected chi connectivity index (χ0v) is 33.9. The van der Waals surface area contributed by atoms with Crippen molar-refractivity contribution in [1.82, 2.24) is 40.4 Å². The number of carbonyl (C=O) groups excluding carboxylic acids is 4. The van der Waals surface area contributed by atoms with Crippen LogP contribution >= 0.6 is 22.7 Å². The van der Waals surface area contributed by atoms with Gasteiger partial charge in [-0.05, 0) is 67.9 Å². The zero-order chi connectivity index (χ0) is 39.7. The smallest absolute Gasteiger partial charge is 0.407 e. The molecule has 294 valence electrons. The summed E-state index contributed by atoms with van der Waals surface area (Å²) in [5.41, 5.74) is 3.38. The van der Waals surface area contributed by atoms with Gasteiger partial charge in [-0.25, -0.2) is 19.6 Å². The Kier molecular flexibility index (Phi) is 11.4. The van der Waals surface area contributed by atoms with Crippen LogP contribution in [0.1, 0.15) is 87.6 Å². The summed E-state index contributed by atoms with van der Waals surface area (Å²) in [6, 6.07) is 8.33. The van der Waals surface area contributed by atoms with Crippen molar-refractivity contribution in [3.05, 3.63) is 58.6 Å². The third-order valence-corrected chi connectivity index (χ3v) is 12.6. The van der Waals surface area contributed by atoms with Gasteiger partial charge in [0.2, 0.25) is 11.8 Å². The van der Waals surface area contributed by atoms with E-state index in [1.807, 2.05) is 57.0 Å². The lowest BCUT2D eigenvalue weighted by Gasteiger charge is -2.30. The number of imidazole rings is 2. The number of fused-ring (bicyclic) bond motifs is 2. The second-order valence-corrected chi connectivity index (χ2v) is 17.0. The second kappa shape index (κ2) is 16.4. The molecule has 0 saturated carbocycles. The van der Waals surface area contributed by atoms with Crippen LogP contribution in [0.2, 0.25) is 0 Å². The van der Waals surface area contributed by atoms with Crippen LogP contribution in [0.5, 0.6) is 0 Å². The number of hydrogen-bond acceptors (Lipinski definition) is 10. The monoisotopic (exact) mass is 798 g/mol. The van der Waals surface area contributed by atoms with Gasteiger partial charge in [-0.3, -0.25) is 9.59 Å². The number of thiophene rings is 2. The highest BCUT2D eigenvalue weighted by Gasteiger charge is 2.39. The number of nitrogens with zero attached hydrogens (tertiary/aromatic N) is 4. The van der Waals surface area contributed by atoms with Crippen molar-refractivity contribution in [2.75, 3.05) is 27.3 Å². The SMILES string of the molecule is COC(=O)NC(C(=O)N1CCCC1c1nc2ccc(C#Cc3cc4sc(-c5cnc([C@H]6CCCN6C(=O)[C@H](NC(=O)OC)C(C)C)[nH]5)cc4s3)cc2[nH]1)C(C)C. The molecule has 4 N–H and O–H groups in total. The lowest BCUT2D eigenvalue weighted by Crippen LogP contribution is -2.51. The summed E-state index contributed by atoms with van der Waals surface area (Å²) in [7, 11) is 2.58. The van der Waals surface area contributed by atoms with Gasteiger partial charge in [0.05, 0.1) is 59.0 Å². The van der Waals surface area contributed by atoms with Crippen molar-refractivity contribution >= 4 is 67.1 Å². The maximum Gasteiger partial charge on any atom is 0.407 e. The number of benzene rings is 1. The molecule has 2 unspecified atom stereocenters. The normalized spacial score (nSPS) is 18.0. The van der Waals surface area contributed by atoms with Crippen LogP contribution in [0.25, 0.3) is 31.0 Å². The second-order valence-electron chi connectivity index (χ2n) is 14.8. The van der Waals surface area contributed by atoms with E-state index in [1.165, 1.54) is 14.2 Å². The topological polar surface area (TPSA) is 175 Å². The number of hydrogen-bond donors (Lipinski definition) is 4. The quantitative estimate of drug-likeness (QED) is 0.119. The van der Waals surface area contributed by atoms with Crippen molar-refractivity contribution < 1.29 is 28.7 Å². The minimum Gasteiger partial charge on any atom is -0.453 e. The predicted octanol–water partition coefficient (Wildman–Crippen LogP) is 6.72. The van der Waals surface area contributed by atoms with E-state index in [1.54, 1.807) is 27.6 Å². The number of nitrogens with one attached hydrogen (secondary N) is 4. The molecule has 7 rings (SSSR count). The lowest BCUT2D eigenvalue weighted by molar-refractivity contribution is -0.136. The molecule has 6 heterocycles. The highest BCUT2D eigenvalue weighted by Crippen LogP contribution is 2.39. The molecule has 2 fully saturated rings. The minimum atomic E-state index is -0.693. The number of likely N-dealkylation sites (tertiary alicyclic amines) is 2. The Morgan fingerprint density at radius 2 is 1.41 bits per heavy atom. The van der Waals surface area contributed by atoms with Gasteiger partial charge in [0, 0.05) is 28.1 Å². The van der Waals surface area contributed by atoms with Gasteiger partial charge in [-0.2, -0.15) is 0 Å². The molecular formula is C40H46N8O6S2. The molecule has 0 spiro atoms. The third kappa shape index (κ3) is 7.96. The Hall–Kier alpha value is -5.40. The Balaban J connectivity index is 1.03. The molecule has 4 amide bonds. The lowest BCUT2D eigenvalue weighted by atomic mass is 10.0. The maximum absolute atomic E-state index is 13.6. The summed E-state index contributed by atoms with van der Waals surface area (Å²) in [5.74, 6) is 7.59. The van der Waals surface area contributed by atoms with Crippen LogP contribution in [0, 0.1) is 23.7 Å². The van der Waals surface area contributed by atoms with Crippen molar-refractivity contribution in [3.8, 4) is 22.4 Å². The van der Waals surface area contributed by atoms with Crippen LogP contribution in [-0.4, -0.2) is 93.1 Å². The van der Waals surface area contributed by atoms with E-state index in [0.717, 1.165) is 78.8 Å². The Labute approximate surface area is 332 Å². The van der Waals surface area contributed by atoms with Crippen molar-refractivity contribution in [1.29, 1.82) is 0 Å². The van der Waals surface area contributed by atoms with Gasteiger partial charge in [0.25, 0.3) is 0 Å². The summed E-state index contributed by atoms with van der Waals surface area (Å²) in [6.07, 6.45) is 3.83. The van der Waals surface area contributed by atoms with Crippen LogP contribution < -0.4 is 10.6 Å². The Bertz CT molecular complexity index is 2300. The van der Waals surface area contributed by atoms with E-state index < -0.39 is 24.3 Å². The van der Waals surface area contributed by atoms with Crippen LogP contribution in [0.15, 0.2) is 36.5 Å². The summed E-state index contributed by atoms with van der Waals surface area (Å²) in [4.78, 5) is 73.1. The standard InChI is InChI=1S/C40H46N8O6S2/c1-21(2)33(45-39(51)53-5)37(49)47-15-7-9-28(47)35-41-20-27(44-35)30-19-32-31(56-30)18-24(55-32)13-11-23-12-14-25-26(17-23)43-36(42-25)29-10-8-16-48(29)38(50)34(22(3)4)46-40(52)54-6/h12,14,17-22,28-29,33-34H,7-10,15-16H2,1-6H3,(H,41,44)(H,42,43)(H,45,51)(H,46,52)/t28-,29?,33-,34?/m1/s1. The minimum absolute atomic E-state index is 0.103. The van der Waals surface area contributed by atoms with Gasteiger partial charge in [-0.1, -0.05) is 39.5 Å². The van der Waals surface area contributed by atoms with Crippen molar-refractivity contribution in [2.24, 2.45) is 11.8 Å². The number of carbonyl (C=O) groups is 4.